The number of esters is 1. The van der Waals surface area contributed by atoms with Gasteiger partial charge >= 0.3 is 18.0 Å². The van der Waals surface area contributed by atoms with Crippen molar-refractivity contribution in [3.05, 3.63) is 42.1 Å². The highest BCUT2D eigenvalue weighted by atomic mass is 16.6. The van der Waals surface area contributed by atoms with Gasteiger partial charge < -0.3 is 34.4 Å². The highest BCUT2D eigenvalue weighted by molar-refractivity contribution is 5.96. The molecule has 1 aromatic heterocycles. The maximum atomic E-state index is 13.5. The smallest absolute Gasteiger partial charge is 0.409 e. The van der Waals surface area contributed by atoms with E-state index in [0.29, 0.717) is 18.5 Å². The number of benzene rings is 1. The molecule has 1 saturated carbocycles. The van der Waals surface area contributed by atoms with Gasteiger partial charge in [0.15, 0.2) is 5.69 Å². The Bertz CT molecular complexity index is 1330. The molecule has 1 atom stereocenters. The standard InChI is InChI=1S/C30H39N5O9/c1-3-42-28(40)30(14-9-15-30)44-24-20-23(32-35(24)21-10-6-5-7-11-21)26(38)31-22(12-8-13-25(36)37)27(39)33-16-18-34(19-17-33)29(41)43-4-2/h5-7,10-11,20,22H,3-4,8-9,12-19H2,1-2H3,(H,31,38)(H,36,37)/t22-/m0/s1. The predicted octanol–water partition coefficient (Wildman–Crippen LogP) is 2.39. The van der Waals surface area contributed by atoms with Crippen LogP contribution in [0.5, 0.6) is 5.88 Å². The molecule has 0 bridgehead atoms. The maximum Gasteiger partial charge on any atom is 0.409 e. The van der Waals surface area contributed by atoms with Gasteiger partial charge in [0.05, 0.1) is 18.9 Å². The first-order chi connectivity index (χ1) is 21.2. The number of carboxylic acids is 1. The molecule has 2 aromatic rings. The second-order valence-electron chi connectivity index (χ2n) is 10.6. The number of hydrogen-bond donors (Lipinski definition) is 2. The van der Waals surface area contributed by atoms with Crippen LogP contribution in [-0.4, -0.2) is 106 Å². The van der Waals surface area contributed by atoms with Gasteiger partial charge in [0.1, 0.15) is 6.04 Å². The van der Waals surface area contributed by atoms with Crippen molar-refractivity contribution in [3.63, 3.8) is 0 Å². The lowest BCUT2D eigenvalue weighted by Gasteiger charge is -2.38. The van der Waals surface area contributed by atoms with E-state index >= 15 is 0 Å². The molecule has 1 aliphatic heterocycles. The zero-order chi connectivity index (χ0) is 31.7. The van der Waals surface area contributed by atoms with Crippen molar-refractivity contribution >= 4 is 29.8 Å². The number of amides is 3. The van der Waals surface area contributed by atoms with Crippen molar-refractivity contribution in [2.45, 2.75) is 64.0 Å². The van der Waals surface area contributed by atoms with Gasteiger partial charge in [0, 0.05) is 38.7 Å². The molecule has 1 saturated heterocycles. The lowest BCUT2D eigenvalue weighted by molar-refractivity contribution is -0.170. The molecule has 1 aromatic carbocycles. The molecule has 2 heterocycles. The summed E-state index contributed by atoms with van der Waals surface area (Å²) in [4.78, 5) is 66.1. The molecule has 0 radical (unpaired) electrons. The number of aliphatic carboxylic acids is 1. The summed E-state index contributed by atoms with van der Waals surface area (Å²) in [6.45, 7) is 4.88. The molecule has 2 N–H and O–H groups in total. The summed E-state index contributed by atoms with van der Waals surface area (Å²) >= 11 is 0. The van der Waals surface area contributed by atoms with E-state index in [1.807, 2.05) is 6.07 Å². The number of rotatable bonds is 13. The van der Waals surface area contributed by atoms with Crippen LogP contribution in [0.4, 0.5) is 4.79 Å². The zero-order valence-electron chi connectivity index (χ0n) is 25.0. The van der Waals surface area contributed by atoms with Gasteiger partial charge in [-0.3, -0.25) is 14.4 Å². The average Bonchev–Trinajstić information content (AvgIpc) is 3.42. The Balaban J connectivity index is 1.54. The number of carbonyl (C=O) groups is 5. The first-order valence-corrected chi connectivity index (χ1v) is 14.9. The number of carbonyl (C=O) groups excluding carboxylic acids is 4. The van der Waals surface area contributed by atoms with Gasteiger partial charge in [-0.1, -0.05) is 18.2 Å². The fourth-order valence-electron chi connectivity index (χ4n) is 5.10. The van der Waals surface area contributed by atoms with Crippen molar-refractivity contribution in [3.8, 4) is 11.6 Å². The highest BCUT2D eigenvalue weighted by Crippen LogP contribution is 2.38. The van der Waals surface area contributed by atoms with E-state index in [4.69, 9.17) is 19.3 Å². The van der Waals surface area contributed by atoms with Crippen LogP contribution in [0.1, 0.15) is 62.9 Å². The van der Waals surface area contributed by atoms with Crippen LogP contribution in [0.3, 0.4) is 0 Å². The molecule has 44 heavy (non-hydrogen) atoms. The minimum absolute atomic E-state index is 0.0506. The fraction of sp³-hybridized carbons (Fsp3) is 0.533. The lowest BCUT2D eigenvalue weighted by Crippen LogP contribution is -2.56. The van der Waals surface area contributed by atoms with Crippen LogP contribution < -0.4 is 10.1 Å². The number of nitrogens with one attached hydrogen (secondary N) is 1. The van der Waals surface area contributed by atoms with Gasteiger partial charge in [-0.25, -0.2) is 14.3 Å². The SMILES string of the molecule is CCOC(=O)N1CCN(C(=O)[C@H](CCCC(=O)O)NC(=O)c2cc(OC3(C(=O)OCC)CCC3)n(-c3ccccc3)n2)CC1. The maximum absolute atomic E-state index is 13.5. The number of carboxylic acid groups (broad SMARTS) is 1. The Hall–Kier alpha value is -4.62. The minimum atomic E-state index is -1.18. The minimum Gasteiger partial charge on any atom is -0.481 e. The van der Waals surface area contributed by atoms with Crippen LogP contribution in [0.15, 0.2) is 36.4 Å². The highest BCUT2D eigenvalue weighted by Gasteiger charge is 2.49. The van der Waals surface area contributed by atoms with Crippen LogP contribution in [-0.2, 0) is 23.9 Å². The number of hydrogen-bond acceptors (Lipinski definition) is 9. The Labute approximate surface area is 255 Å². The van der Waals surface area contributed by atoms with Crippen LogP contribution in [0, 0.1) is 0 Å². The lowest BCUT2D eigenvalue weighted by atomic mass is 9.80. The number of aromatic nitrogens is 2. The predicted molar refractivity (Wildman–Crippen MR) is 155 cm³/mol. The zero-order valence-corrected chi connectivity index (χ0v) is 25.0. The molecular weight excluding hydrogens is 574 g/mol. The molecule has 2 fully saturated rings. The monoisotopic (exact) mass is 613 g/mol. The van der Waals surface area contributed by atoms with E-state index in [9.17, 15) is 24.0 Å². The number of nitrogens with zero attached hydrogens (tertiary/aromatic N) is 4. The summed E-state index contributed by atoms with van der Waals surface area (Å²) in [5.74, 6) is -2.38. The van der Waals surface area contributed by atoms with E-state index in [2.05, 4.69) is 10.4 Å². The molecule has 0 unspecified atom stereocenters. The third-order valence-corrected chi connectivity index (χ3v) is 7.62. The second kappa shape index (κ2) is 14.7. The van der Waals surface area contributed by atoms with E-state index < -0.39 is 35.6 Å². The van der Waals surface area contributed by atoms with E-state index in [1.54, 1.807) is 38.1 Å². The Morgan fingerprint density at radius 2 is 1.64 bits per heavy atom. The largest absolute Gasteiger partial charge is 0.481 e. The van der Waals surface area contributed by atoms with Gasteiger partial charge in [0.2, 0.25) is 17.4 Å². The summed E-state index contributed by atoms with van der Waals surface area (Å²) in [5, 5.41) is 16.3. The van der Waals surface area contributed by atoms with Crippen molar-refractivity contribution in [1.82, 2.24) is 24.9 Å². The summed E-state index contributed by atoms with van der Waals surface area (Å²) in [5.41, 5.74) is -0.643. The molecule has 0 spiro atoms. The molecule has 3 amide bonds. The summed E-state index contributed by atoms with van der Waals surface area (Å²) in [6, 6.07) is 9.35. The Kier molecular flexibility index (Phi) is 10.8. The number of ether oxygens (including phenoxy) is 3. The summed E-state index contributed by atoms with van der Waals surface area (Å²) in [7, 11) is 0. The average molecular weight is 614 g/mol. The molecular formula is C30H39N5O9. The van der Waals surface area contributed by atoms with Crippen LogP contribution in [0.2, 0.25) is 0 Å². The molecule has 2 aliphatic rings. The van der Waals surface area contributed by atoms with Gasteiger partial charge in [-0.2, -0.15) is 5.10 Å². The quantitative estimate of drug-likeness (QED) is 0.320. The molecule has 14 heteroatoms. The van der Waals surface area contributed by atoms with Gasteiger partial charge in [-0.15, -0.1) is 0 Å². The van der Waals surface area contributed by atoms with E-state index in [0.717, 1.165) is 6.42 Å². The Morgan fingerprint density at radius 1 is 0.977 bits per heavy atom. The van der Waals surface area contributed by atoms with Gasteiger partial charge in [0.25, 0.3) is 5.91 Å². The van der Waals surface area contributed by atoms with Gasteiger partial charge in [-0.05, 0) is 58.1 Å². The van der Waals surface area contributed by atoms with Crippen molar-refractivity contribution < 1.29 is 43.3 Å². The van der Waals surface area contributed by atoms with Crippen molar-refractivity contribution in [2.75, 3.05) is 39.4 Å². The normalized spacial score (nSPS) is 16.3. The first-order valence-electron chi connectivity index (χ1n) is 14.9. The van der Waals surface area contributed by atoms with Crippen LogP contribution in [0.25, 0.3) is 5.69 Å². The second-order valence-corrected chi connectivity index (χ2v) is 10.6. The van der Waals surface area contributed by atoms with E-state index in [1.165, 1.54) is 20.5 Å². The van der Waals surface area contributed by atoms with Crippen molar-refractivity contribution in [2.24, 2.45) is 0 Å². The molecule has 238 valence electrons. The topological polar surface area (TPSA) is 170 Å². The summed E-state index contributed by atoms with van der Waals surface area (Å²) in [6.07, 6.45) is 1.30. The van der Waals surface area contributed by atoms with Crippen molar-refractivity contribution in [1.29, 1.82) is 0 Å². The molecule has 4 rings (SSSR count). The first kappa shape index (κ1) is 32.3. The number of para-hydroxylation sites is 1. The molecule has 1 aliphatic carbocycles. The third kappa shape index (κ3) is 7.66. The summed E-state index contributed by atoms with van der Waals surface area (Å²) < 4.78 is 17.9. The van der Waals surface area contributed by atoms with Crippen LogP contribution >= 0.6 is 0 Å². The fourth-order valence-corrected chi connectivity index (χ4v) is 5.10. The molecule has 14 nitrogen and oxygen atoms in total. The third-order valence-electron chi connectivity index (χ3n) is 7.62. The van der Waals surface area contributed by atoms with E-state index in [-0.39, 0.29) is 76.1 Å². The Morgan fingerprint density at radius 3 is 2.23 bits per heavy atom. The number of piperazine rings is 1.